The summed E-state index contributed by atoms with van der Waals surface area (Å²) in [6.07, 6.45) is 1.57. The molecule has 0 saturated heterocycles. The Morgan fingerprint density at radius 3 is 2.47 bits per heavy atom. The molecule has 1 aliphatic rings. The second-order valence-corrected chi connectivity index (χ2v) is 9.13. The first kappa shape index (κ1) is 20.1. The number of hydrogen-bond acceptors (Lipinski definition) is 6. The molecule has 1 aromatic heterocycles. The standard InChI is InChI=1S/C22H20N2O5S/c1-24(2)17(18-7-5-11-29-18)13-23-22(26)14-9-10-16-20(12-14)30(27,28)19-8-4-3-6-15(19)21(16)25/h3-12,17H,13H2,1-2H3,(H,23,26)/t17-/m1/s1. The van der Waals surface area contributed by atoms with Gasteiger partial charge in [-0.3, -0.25) is 14.5 Å². The third-order valence-corrected chi connectivity index (χ3v) is 7.00. The summed E-state index contributed by atoms with van der Waals surface area (Å²) in [7, 11) is -0.157. The zero-order valence-corrected chi connectivity index (χ0v) is 17.3. The highest BCUT2D eigenvalue weighted by Crippen LogP contribution is 2.34. The van der Waals surface area contributed by atoms with Crippen LogP contribution in [0.15, 0.2) is 75.1 Å². The van der Waals surface area contributed by atoms with Crippen LogP contribution < -0.4 is 5.32 Å². The molecule has 0 unspecified atom stereocenters. The van der Waals surface area contributed by atoms with Gasteiger partial charge in [0, 0.05) is 23.2 Å². The fourth-order valence-electron chi connectivity index (χ4n) is 3.54. The molecule has 2 aromatic carbocycles. The lowest BCUT2D eigenvalue weighted by atomic mass is 10.0. The van der Waals surface area contributed by atoms with Crippen molar-refractivity contribution in [1.82, 2.24) is 10.2 Å². The molecule has 1 atom stereocenters. The van der Waals surface area contributed by atoms with Crippen LogP contribution in [0.2, 0.25) is 0 Å². The van der Waals surface area contributed by atoms with Crippen LogP contribution in [0.5, 0.6) is 0 Å². The number of furan rings is 1. The maximum Gasteiger partial charge on any atom is 0.251 e. The third kappa shape index (κ3) is 3.34. The van der Waals surface area contributed by atoms with Crippen LogP contribution in [0.3, 0.4) is 0 Å². The van der Waals surface area contributed by atoms with Crippen molar-refractivity contribution in [2.75, 3.05) is 20.6 Å². The molecule has 0 aliphatic carbocycles. The quantitative estimate of drug-likeness (QED) is 0.529. The number of carbonyl (C=O) groups is 2. The van der Waals surface area contributed by atoms with Gasteiger partial charge in [-0.1, -0.05) is 12.1 Å². The molecule has 0 saturated carbocycles. The second kappa shape index (κ2) is 7.55. The molecule has 0 spiro atoms. The first-order valence-electron chi connectivity index (χ1n) is 9.31. The highest BCUT2D eigenvalue weighted by atomic mass is 32.2. The number of nitrogens with zero attached hydrogens (tertiary/aromatic N) is 1. The van der Waals surface area contributed by atoms with Crippen molar-refractivity contribution in [1.29, 1.82) is 0 Å². The molecule has 154 valence electrons. The van der Waals surface area contributed by atoms with Gasteiger partial charge in [-0.05, 0) is 56.6 Å². The minimum Gasteiger partial charge on any atom is -0.468 e. The fourth-order valence-corrected chi connectivity index (χ4v) is 5.21. The summed E-state index contributed by atoms with van der Waals surface area (Å²) in [4.78, 5) is 27.2. The van der Waals surface area contributed by atoms with Gasteiger partial charge in [-0.25, -0.2) is 8.42 Å². The number of benzene rings is 2. The molecule has 7 nitrogen and oxygen atoms in total. The Balaban J connectivity index is 1.62. The number of ketones is 1. The lowest BCUT2D eigenvalue weighted by Gasteiger charge is -2.23. The van der Waals surface area contributed by atoms with Crippen molar-refractivity contribution >= 4 is 21.5 Å². The SMILES string of the molecule is CN(C)[C@H](CNC(=O)c1ccc2c(c1)S(=O)(=O)c1ccccc1C2=O)c1ccco1. The molecule has 30 heavy (non-hydrogen) atoms. The van der Waals surface area contributed by atoms with Crippen molar-refractivity contribution in [3.05, 3.63) is 83.3 Å². The van der Waals surface area contributed by atoms with Crippen LogP contribution in [0.25, 0.3) is 0 Å². The maximum absolute atomic E-state index is 13.0. The molecular weight excluding hydrogens is 404 g/mol. The monoisotopic (exact) mass is 424 g/mol. The Morgan fingerprint density at radius 2 is 1.77 bits per heavy atom. The van der Waals surface area contributed by atoms with Gasteiger partial charge < -0.3 is 9.73 Å². The Labute approximate surface area is 174 Å². The molecular formula is C22H20N2O5S. The van der Waals surface area contributed by atoms with E-state index in [0.29, 0.717) is 5.76 Å². The summed E-state index contributed by atoms with van der Waals surface area (Å²) in [5.41, 5.74) is 0.392. The average molecular weight is 424 g/mol. The number of sulfone groups is 1. The van der Waals surface area contributed by atoms with Crippen molar-refractivity contribution in [3.63, 3.8) is 0 Å². The van der Waals surface area contributed by atoms with E-state index in [2.05, 4.69) is 5.32 Å². The summed E-state index contributed by atoms with van der Waals surface area (Å²) >= 11 is 0. The third-order valence-electron chi connectivity index (χ3n) is 5.15. The molecule has 1 N–H and O–H groups in total. The van der Waals surface area contributed by atoms with Crippen molar-refractivity contribution in [2.45, 2.75) is 15.8 Å². The van der Waals surface area contributed by atoms with Gasteiger partial charge in [0.25, 0.3) is 5.91 Å². The highest BCUT2D eigenvalue weighted by molar-refractivity contribution is 7.91. The highest BCUT2D eigenvalue weighted by Gasteiger charge is 2.35. The molecule has 0 radical (unpaired) electrons. The van der Waals surface area contributed by atoms with Crippen LogP contribution >= 0.6 is 0 Å². The second-order valence-electron chi connectivity index (χ2n) is 7.24. The normalized spacial score (nSPS) is 15.4. The van der Waals surface area contributed by atoms with E-state index >= 15 is 0 Å². The smallest absolute Gasteiger partial charge is 0.251 e. The summed E-state index contributed by atoms with van der Waals surface area (Å²) in [5.74, 6) is -0.0962. The number of likely N-dealkylation sites (N-methyl/N-ethyl adjacent to an activating group) is 1. The largest absolute Gasteiger partial charge is 0.468 e. The predicted molar refractivity (Wildman–Crippen MR) is 109 cm³/mol. The van der Waals surface area contributed by atoms with Crippen LogP contribution in [0, 0.1) is 0 Å². The number of hydrogen-bond donors (Lipinski definition) is 1. The van der Waals surface area contributed by atoms with Gasteiger partial charge in [-0.2, -0.15) is 0 Å². The van der Waals surface area contributed by atoms with Crippen molar-refractivity contribution in [2.24, 2.45) is 0 Å². The predicted octanol–water partition coefficient (Wildman–Crippen LogP) is 2.69. The fraction of sp³-hybridized carbons (Fsp3) is 0.182. The zero-order chi connectivity index (χ0) is 21.5. The first-order chi connectivity index (χ1) is 14.3. The molecule has 2 heterocycles. The van der Waals surface area contributed by atoms with E-state index in [-0.39, 0.29) is 44.9 Å². The van der Waals surface area contributed by atoms with E-state index in [9.17, 15) is 18.0 Å². The summed E-state index contributed by atoms with van der Waals surface area (Å²) < 4.78 is 31.5. The zero-order valence-electron chi connectivity index (χ0n) is 16.5. The minimum atomic E-state index is -3.89. The van der Waals surface area contributed by atoms with Gasteiger partial charge in [0.15, 0.2) is 5.78 Å². The van der Waals surface area contributed by atoms with E-state index in [0.717, 1.165) is 0 Å². The average Bonchev–Trinajstić information content (AvgIpc) is 3.26. The summed E-state index contributed by atoms with van der Waals surface area (Å²) in [6, 6.07) is 13.6. The van der Waals surface area contributed by atoms with E-state index in [1.54, 1.807) is 24.5 Å². The lowest BCUT2D eigenvalue weighted by Crippen LogP contribution is -2.34. The van der Waals surface area contributed by atoms with E-state index in [1.165, 1.54) is 30.3 Å². The number of amides is 1. The maximum atomic E-state index is 13.0. The Hall–Kier alpha value is -3.23. The lowest BCUT2D eigenvalue weighted by molar-refractivity contribution is 0.0937. The van der Waals surface area contributed by atoms with Gasteiger partial charge in [-0.15, -0.1) is 0 Å². The molecule has 0 fully saturated rings. The van der Waals surface area contributed by atoms with Gasteiger partial charge in [0.1, 0.15) is 5.76 Å². The van der Waals surface area contributed by atoms with Crippen LogP contribution in [-0.2, 0) is 9.84 Å². The molecule has 8 heteroatoms. The first-order valence-corrected chi connectivity index (χ1v) is 10.8. The molecule has 1 aliphatic heterocycles. The molecule has 4 rings (SSSR count). The van der Waals surface area contributed by atoms with E-state index in [4.69, 9.17) is 4.42 Å². The number of carbonyl (C=O) groups excluding carboxylic acids is 2. The van der Waals surface area contributed by atoms with Crippen LogP contribution in [0.4, 0.5) is 0 Å². The Bertz CT molecular complexity index is 1230. The van der Waals surface area contributed by atoms with Crippen LogP contribution in [-0.4, -0.2) is 45.6 Å². The van der Waals surface area contributed by atoms with E-state index in [1.807, 2.05) is 25.1 Å². The molecule has 3 aromatic rings. The van der Waals surface area contributed by atoms with Crippen LogP contribution in [0.1, 0.15) is 38.1 Å². The molecule has 1 amide bonds. The Morgan fingerprint density at radius 1 is 1.03 bits per heavy atom. The topological polar surface area (TPSA) is 96.7 Å². The van der Waals surface area contributed by atoms with Gasteiger partial charge in [0.05, 0.1) is 22.1 Å². The number of rotatable bonds is 5. The van der Waals surface area contributed by atoms with E-state index < -0.39 is 15.7 Å². The van der Waals surface area contributed by atoms with Gasteiger partial charge >= 0.3 is 0 Å². The molecule has 0 bridgehead atoms. The van der Waals surface area contributed by atoms with Gasteiger partial charge in [0.2, 0.25) is 9.84 Å². The van der Waals surface area contributed by atoms with Crippen molar-refractivity contribution < 1.29 is 22.4 Å². The number of fused-ring (bicyclic) bond motifs is 2. The number of nitrogens with one attached hydrogen (secondary N) is 1. The summed E-state index contributed by atoms with van der Waals surface area (Å²) in [5, 5.41) is 2.81. The minimum absolute atomic E-state index is 0.0365. The summed E-state index contributed by atoms with van der Waals surface area (Å²) in [6.45, 7) is 0.269. The van der Waals surface area contributed by atoms with Crippen molar-refractivity contribution in [3.8, 4) is 0 Å². The Kier molecular flexibility index (Phi) is 5.05.